The molecule has 4 atom stereocenters. The summed E-state index contributed by atoms with van der Waals surface area (Å²) in [5, 5.41) is 7.22. The number of amides is 4. The van der Waals surface area contributed by atoms with Crippen LogP contribution in [0.4, 0.5) is 4.79 Å². The van der Waals surface area contributed by atoms with Crippen LogP contribution in [0.25, 0.3) is 0 Å². The summed E-state index contributed by atoms with van der Waals surface area (Å²) in [6, 6.07) is -1.41. The molecular formula is C27H42N4O6. The van der Waals surface area contributed by atoms with E-state index in [9.17, 15) is 19.2 Å². The Kier molecular flexibility index (Phi) is 8.16. The molecule has 0 radical (unpaired) electrons. The Balaban J connectivity index is 1.55. The van der Waals surface area contributed by atoms with Crippen LogP contribution >= 0.6 is 0 Å². The van der Waals surface area contributed by atoms with E-state index in [0.29, 0.717) is 32.2 Å². The number of nitrogens with one attached hydrogen (secondary N) is 2. The van der Waals surface area contributed by atoms with Gasteiger partial charge in [0.05, 0.1) is 13.2 Å². The molecule has 206 valence electrons. The maximum atomic E-state index is 13.6. The van der Waals surface area contributed by atoms with Crippen molar-refractivity contribution in [2.45, 2.75) is 114 Å². The van der Waals surface area contributed by atoms with E-state index >= 15 is 0 Å². The van der Waals surface area contributed by atoms with Gasteiger partial charge in [-0.05, 0) is 72.1 Å². The first kappa shape index (κ1) is 27.4. The van der Waals surface area contributed by atoms with Gasteiger partial charge in [-0.2, -0.15) is 0 Å². The number of hydrogen-bond donors (Lipinski definition) is 2. The highest BCUT2D eigenvalue weighted by molar-refractivity contribution is 5.98. The number of rotatable bonds is 4. The summed E-state index contributed by atoms with van der Waals surface area (Å²) in [7, 11) is 1.49. The fourth-order valence-electron chi connectivity index (χ4n) is 5.43. The Morgan fingerprint density at radius 1 is 1.11 bits per heavy atom. The van der Waals surface area contributed by atoms with E-state index in [-0.39, 0.29) is 29.7 Å². The Hall–Kier alpha value is -2.62. The molecule has 4 rings (SSSR count). The van der Waals surface area contributed by atoms with Gasteiger partial charge in [0.1, 0.15) is 23.2 Å². The van der Waals surface area contributed by atoms with Crippen molar-refractivity contribution in [2.75, 3.05) is 13.7 Å². The lowest BCUT2D eigenvalue weighted by molar-refractivity contribution is -0.183. The number of fused-ring (bicyclic) bond motifs is 2. The van der Waals surface area contributed by atoms with Crippen molar-refractivity contribution < 1.29 is 28.8 Å². The number of nitrogens with zero attached hydrogens (tertiary/aromatic N) is 2. The minimum atomic E-state index is -1.04. The SMILES string of the molecule is CON(C(=O)C12CC1C=CCCCCCC(NC(=O)OC(C)(C)C)C(=O)N1CCCC1C(=O)N2)C1CC1. The fourth-order valence-corrected chi connectivity index (χ4v) is 5.43. The van der Waals surface area contributed by atoms with Crippen molar-refractivity contribution >= 4 is 23.8 Å². The molecule has 3 fully saturated rings. The van der Waals surface area contributed by atoms with Gasteiger partial charge in [0.15, 0.2) is 0 Å². The molecule has 2 saturated carbocycles. The molecule has 2 heterocycles. The highest BCUT2D eigenvalue weighted by Crippen LogP contribution is 2.48. The van der Waals surface area contributed by atoms with Gasteiger partial charge < -0.3 is 20.3 Å². The van der Waals surface area contributed by atoms with Gasteiger partial charge >= 0.3 is 6.09 Å². The van der Waals surface area contributed by atoms with E-state index in [0.717, 1.165) is 38.5 Å². The monoisotopic (exact) mass is 518 g/mol. The van der Waals surface area contributed by atoms with Crippen molar-refractivity contribution in [3.63, 3.8) is 0 Å². The van der Waals surface area contributed by atoms with E-state index in [2.05, 4.69) is 16.7 Å². The molecule has 37 heavy (non-hydrogen) atoms. The van der Waals surface area contributed by atoms with Crippen LogP contribution < -0.4 is 10.6 Å². The van der Waals surface area contributed by atoms with Crippen LogP contribution in [0.2, 0.25) is 0 Å². The summed E-state index contributed by atoms with van der Waals surface area (Å²) in [5.74, 6) is -0.920. The first-order valence-electron chi connectivity index (χ1n) is 13.7. The lowest BCUT2D eigenvalue weighted by Crippen LogP contribution is -2.58. The van der Waals surface area contributed by atoms with E-state index < -0.39 is 29.3 Å². The zero-order valence-corrected chi connectivity index (χ0v) is 22.6. The second-order valence-corrected chi connectivity index (χ2v) is 11.8. The maximum Gasteiger partial charge on any atom is 0.408 e. The van der Waals surface area contributed by atoms with Gasteiger partial charge in [-0.1, -0.05) is 25.0 Å². The minimum absolute atomic E-state index is 0.0508. The molecule has 0 spiro atoms. The first-order valence-corrected chi connectivity index (χ1v) is 13.7. The molecule has 0 bridgehead atoms. The summed E-state index contributed by atoms with van der Waals surface area (Å²) in [5.41, 5.74) is -1.73. The minimum Gasteiger partial charge on any atom is -0.444 e. The molecule has 1 saturated heterocycles. The Morgan fingerprint density at radius 3 is 2.54 bits per heavy atom. The standard InChI is InChI=1S/C27H42N4O6/c1-26(2,3)37-25(35)28-20-12-9-7-5-6-8-11-18-17-27(18,24(34)31(36-4)19-14-15-19)29-22(32)21-13-10-16-30(21)23(20)33/h8,11,18-21H,5-7,9-10,12-17H2,1-4H3,(H,28,35)(H,29,32). The quantitative estimate of drug-likeness (QED) is 0.437. The van der Waals surface area contributed by atoms with E-state index in [1.54, 1.807) is 25.7 Å². The number of hydrogen-bond acceptors (Lipinski definition) is 6. The molecule has 10 heteroatoms. The third kappa shape index (κ3) is 6.45. The molecule has 10 nitrogen and oxygen atoms in total. The molecule has 0 aromatic heterocycles. The van der Waals surface area contributed by atoms with Crippen molar-refractivity contribution in [1.82, 2.24) is 20.6 Å². The molecular weight excluding hydrogens is 476 g/mol. The highest BCUT2D eigenvalue weighted by atomic mass is 16.7. The van der Waals surface area contributed by atoms with Gasteiger partial charge in [-0.15, -0.1) is 0 Å². The van der Waals surface area contributed by atoms with Gasteiger partial charge in [-0.25, -0.2) is 9.86 Å². The summed E-state index contributed by atoms with van der Waals surface area (Å²) in [4.78, 5) is 60.3. The zero-order valence-electron chi connectivity index (χ0n) is 22.6. The lowest BCUT2D eigenvalue weighted by Gasteiger charge is -2.31. The van der Waals surface area contributed by atoms with Gasteiger partial charge in [0.2, 0.25) is 11.8 Å². The summed E-state index contributed by atoms with van der Waals surface area (Å²) in [6.07, 6.45) is 10.9. The van der Waals surface area contributed by atoms with Crippen LogP contribution in [-0.2, 0) is 24.0 Å². The molecule has 2 N–H and O–H groups in total. The van der Waals surface area contributed by atoms with E-state index in [1.165, 1.54) is 12.2 Å². The molecule has 2 aliphatic heterocycles. The fraction of sp³-hybridized carbons (Fsp3) is 0.778. The van der Waals surface area contributed by atoms with Crippen LogP contribution in [0.5, 0.6) is 0 Å². The molecule has 4 amide bonds. The third-order valence-corrected chi connectivity index (χ3v) is 7.58. The second-order valence-electron chi connectivity index (χ2n) is 11.8. The third-order valence-electron chi connectivity index (χ3n) is 7.58. The summed E-state index contributed by atoms with van der Waals surface area (Å²) >= 11 is 0. The highest BCUT2D eigenvalue weighted by Gasteiger charge is 2.63. The maximum absolute atomic E-state index is 13.6. The number of carbonyl (C=O) groups is 4. The molecule has 0 aromatic rings. The Labute approximate surface area is 219 Å². The Morgan fingerprint density at radius 2 is 1.86 bits per heavy atom. The van der Waals surface area contributed by atoms with Gasteiger partial charge in [0.25, 0.3) is 5.91 Å². The molecule has 4 aliphatic rings. The Bertz CT molecular complexity index is 926. The van der Waals surface area contributed by atoms with E-state index in [4.69, 9.17) is 9.57 Å². The van der Waals surface area contributed by atoms with Crippen molar-refractivity contribution in [1.29, 1.82) is 0 Å². The predicted octanol–water partition coefficient (Wildman–Crippen LogP) is 2.82. The van der Waals surface area contributed by atoms with Crippen molar-refractivity contribution in [3.05, 3.63) is 12.2 Å². The number of hydroxylamine groups is 2. The molecule has 4 unspecified atom stereocenters. The van der Waals surface area contributed by atoms with Crippen LogP contribution in [0, 0.1) is 5.92 Å². The van der Waals surface area contributed by atoms with Crippen molar-refractivity contribution in [3.8, 4) is 0 Å². The van der Waals surface area contributed by atoms with Crippen LogP contribution in [-0.4, -0.2) is 76.7 Å². The van der Waals surface area contributed by atoms with Crippen LogP contribution in [0.1, 0.15) is 85.0 Å². The predicted molar refractivity (Wildman–Crippen MR) is 136 cm³/mol. The average molecular weight is 519 g/mol. The number of carbonyl (C=O) groups excluding carboxylic acids is 4. The molecule has 0 aromatic carbocycles. The summed E-state index contributed by atoms with van der Waals surface area (Å²) in [6.45, 7) is 5.75. The smallest absolute Gasteiger partial charge is 0.408 e. The number of allylic oxidation sites excluding steroid dienone is 1. The normalized spacial score (nSPS) is 30.8. The van der Waals surface area contributed by atoms with Crippen LogP contribution in [0.15, 0.2) is 12.2 Å². The van der Waals surface area contributed by atoms with Gasteiger partial charge in [0, 0.05) is 12.5 Å². The largest absolute Gasteiger partial charge is 0.444 e. The first-order chi connectivity index (χ1) is 17.6. The average Bonchev–Trinajstić information content (AvgIpc) is 3.72. The number of alkyl carbamates (subject to hydrolysis) is 1. The van der Waals surface area contributed by atoms with Crippen molar-refractivity contribution in [2.24, 2.45) is 5.92 Å². The second kappa shape index (κ2) is 11.0. The lowest BCUT2D eigenvalue weighted by atomic mass is 10.0. The van der Waals surface area contributed by atoms with Crippen LogP contribution in [0.3, 0.4) is 0 Å². The van der Waals surface area contributed by atoms with E-state index in [1.807, 2.05) is 6.08 Å². The number of ether oxygens (including phenoxy) is 1. The topological polar surface area (TPSA) is 117 Å². The summed E-state index contributed by atoms with van der Waals surface area (Å²) < 4.78 is 5.40. The molecule has 2 aliphatic carbocycles. The van der Waals surface area contributed by atoms with Gasteiger partial charge in [-0.3, -0.25) is 19.2 Å². The zero-order chi connectivity index (χ0) is 26.8.